The SMILES string of the molecule is CC(=O)N(c1ccccc1)c1nc(CSc2nncn2-c2ccc(C)c(Cl)c2)cs1. The van der Waals surface area contributed by atoms with Crippen molar-refractivity contribution in [2.24, 2.45) is 0 Å². The van der Waals surface area contributed by atoms with E-state index in [1.54, 1.807) is 11.2 Å². The number of carbonyl (C=O) groups is 1. The van der Waals surface area contributed by atoms with Crippen molar-refractivity contribution in [2.75, 3.05) is 4.90 Å². The summed E-state index contributed by atoms with van der Waals surface area (Å²) < 4.78 is 1.90. The van der Waals surface area contributed by atoms with Gasteiger partial charge >= 0.3 is 0 Å². The number of benzene rings is 2. The van der Waals surface area contributed by atoms with Gasteiger partial charge in [0, 0.05) is 23.1 Å². The molecule has 2 aromatic heterocycles. The Morgan fingerprint density at radius 3 is 2.77 bits per heavy atom. The summed E-state index contributed by atoms with van der Waals surface area (Å²) in [6, 6.07) is 15.4. The molecule has 9 heteroatoms. The van der Waals surface area contributed by atoms with E-state index in [1.165, 1.54) is 30.0 Å². The number of anilines is 2. The molecule has 1 amide bonds. The first kappa shape index (κ1) is 20.6. The highest BCUT2D eigenvalue weighted by Crippen LogP contribution is 2.31. The highest BCUT2D eigenvalue weighted by atomic mass is 35.5. The average Bonchev–Trinajstić information content (AvgIpc) is 3.39. The summed E-state index contributed by atoms with van der Waals surface area (Å²) in [5.74, 6) is 0.528. The lowest BCUT2D eigenvalue weighted by molar-refractivity contribution is -0.115. The van der Waals surface area contributed by atoms with Gasteiger partial charge in [-0.3, -0.25) is 14.3 Å². The van der Waals surface area contributed by atoms with Crippen molar-refractivity contribution in [2.45, 2.75) is 24.8 Å². The number of thiazole rings is 1. The second kappa shape index (κ2) is 8.99. The highest BCUT2D eigenvalue weighted by Gasteiger charge is 2.18. The van der Waals surface area contributed by atoms with Gasteiger partial charge in [0.1, 0.15) is 6.33 Å². The first-order valence-electron chi connectivity index (χ1n) is 9.12. The van der Waals surface area contributed by atoms with Gasteiger partial charge in [0.25, 0.3) is 0 Å². The van der Waals surface area contributed by atoms with Crippen LogP contribution in [0.1, 0.15) is 18.2 Å². The monoisotopic (exact) mass is 455 g/mol. The lowest BCUT2D eigenvalue weighted by Crippen LogP contribution is -2.22. The third-order valence-corrected chi connectivity index (χ3v) is 6.62. The molecule has 0 spiro atoms. The van der Waals surface area contributed by atoms with E-state index in [2.05, 4.69) is 15.2 Å². The minimum absolute atomic E-state index is 0.0780. The van der Waals surface area contributed by atoms with Crippen molar-refractivity contribution in [1.82, 2.24) is 19.7 Å². The number of para-hydroxylation sites is 1. The second-order valence-corrected chi connectivity index (χ2v) is 8.70. The zero-order valence-corrected chi connectivity index (χ0v) is 18.7. The third-order valence-electron chi connectivity index (χ3n) is 4.36. The number of aryl methyl sites for hydroxylation is 1. The molecule has 2 aromatic carbocycles. The summed E-state index contributed by atoms with van der Waals surface area (Å²) in [5, 5.41) is 12.3. The summed E-state index contributed by atoms with van der Waals surface area (Å²) in [7, 11) is 0. The van der Waals surface area contributed by atoms with Gasteiger partial charge < -0.3 is 0 Å². The fourth-order valence-electron chi connectivity index (χ4n) is 2.84. The van der Waals surface area contributed by atoms with Gasteiger partial charge in [0.2, 0.25) is 5.91 Å². The van der Waals surface area contributed by atoms with Crippen LogP contribution in [-0.2, 0) is 10.5 Å². The number of hydrogen-bond acceptors (Lipinski definition) is 6. The molecule has 4 rings (SSSR count). The molecule has 0 saturated heterocycles. The molecule has 0 aliphatic heterocycles. The maximum absolute atomic E-state index is 12.2. The fourth-order valence-corrected chi connectivity index (χ4v) is 4.83. The number of carbonyl (C=O) groups excluding carboxylic acids is 1. The van der Waals surface area contributed by atoms with Crippen molar-refractivity contribution < 1.29 is 4.79 Å². The molecular formula is C21H18ClN5OS2. The van der Waals surface area contributed by atoms with Gasteiger partial charge in [-0.25, -0.2) is 4.98 Å². The molecule has 2 heterocycles. The van der Waals surface area contributed by atoms with Gasteiger partial charge in [-0.2, -0.15) is 0 Å². The Bertz CT molecular complexity index is 1180. The predicted molar refractivity (Wildman–Crippen MR) is 122 cm³/mol. The molecule has 4 aromatic rings. The van der Waals surface area contributed by atoms with Crippen LogP contribution in [0, 0.1) is 6.92 Å². The molecule has 6 nitrogen and oxygen atoms in total. The summed E-state index contributed by atoms with van der Waals surface area (Å²) in [5.41, 5.74) is 3.60. The minimum Gasteiger partial charge on any atom is -0.277 e. The molecule has 0 bridgehead atoms. The molecule has 0 aliphatic carbocycles. The normalized spacial score (nSPS) is 10.9. The molecule has 0 radical (unpaired) electrons. The number of hydrogen-bond donors (Lipinski definition) is 0. The van der Waals surface area contributed by atoms with E-state index < -0.39 is 0 Å². The van der Waals surface area contributed by atoms with Crippen LogP contribution < -0.4 is 4.90 Å². The molecule has 0 fully saturated rings. The minimum atomic E-state index is -0.0780. The summed E-state index contributed by atoms with van der Waals surface area (Å²) in [6.45, 7) is 3.51. The van der Waals surface area contributed by atoms with Crippen LogP contribution in [0.2, 0.25) is 5.02 Å². The van der Waals surface area contributed by atoms with E-state index in [1.807, 2.05) is 65.4 Å². The number of thioether (sulfide) groups is 1. The van der Waals surface area contributed by atoms with Crippen molar-refractivity contribution in [1.29, 1.82) is 0 Å². The predicted octanol–water partition coefficient (Wildman–Crippen LogP) is 5.66. The Hall–Kier alpha value is -2.68. The fraction of sp³-hybridized carbons (Fsp3) is 0.143. The maximum Gasteiger partial charge on any atom is 0.230 e. The first-order valence-corrected chi connectivity index (χ1v) is 11.4. The number of halogens is 1. The molecular weight excluding hydrogens is 438 g/mol. The topological polar surface area (TPSA) is 63.9 Å². The summed E-state index contributed by atoms with van der Waals surface area (Å²) >= 11 is 9.23. The molecule has 152 valence electrons. The Morgan fingerprint density at radius 2 is 2.03 bits per heavy atom. The Labute approximate surface area is 187 Å². The van der Waals surface area contributed by atoms with E-state index in [0.29, 0.717) is 15.9 Å². The van der Waals surface area contributed by atoms with Gasteiger partial charge in [-0.05, 0) is 36.8 Å². The number of nitrogens with zero attached hydrogens (tertiary/aromatic N) is 5. The van der Waals surface area contributed by atoms with Crippen molar-refractivity contribution in [3.8, 4) is 5.69 Å². The van der Waals surface area contributed by atoms with Gasteiger partial charge in [0.15, 0.2) is 10.3 Å². The van der Waals surface area contributed by atoms with E-state index in [4.69, 9.17) is 11.6 Å². The van der Waals surface area contributed by atoms with Crippen LogP contribution in [0.4, 0.5) is 10.8 Å². The average molecular weight is 456 g/mol. The molecule has 0 saturated carbocycles. The van der Waals surface area contributed by atoms with Crippen LogP contribution in [0.3, 0.4) is 0 Å². The van der Waals surface area contributed by atoms with Crippen LogP contribution in [-0.4, -0.2) is 25.7 Å². The van der Waals surface area contributed by atoms with E-state index in [-0.39, 0.29) is 5.91 Å². The summed E-state index contributed by atoms with van der Waals surface area (Å²) in [4.78, 5) is 18.5. The molecule has 0 atom stereocenters. The third kappa shape index (κ3) is 4.40. The number of rotatable bonds is 6. The van der Waals surface area contributed by atoms with Crippen molar-refractivity contribution >= 4 is 51.4 Å². The van der Waals surface area contributed by atoms with Crippen LogP contribution >= 0.6 is 34.7 Å². The molecule has 0 aliphatic rings. The maximum atomic E-state index is 12.2. The zero-order valence-electron chi connectivity index (χ0n) is 16.3. The zero-order chi connectivity index (χ0) is 21.1. The lowest BCUT2D eigenvalue weighted by Gasteiger charge is -2.17. The number of amides is 1. The Kier molecular flexibility index (Phi) is 6.17. The van der Waals surface area contributed by atoms with Crippen molar-refractivity contribution in [3.05, 3.63) is 76.5 Å². The highest BCUT2D eigenvalue weighted by molar-refractivity contribution is 7.98. The van der Waals surface area contributed by atoms with E-state index in [9.17, 15) is 4.79 Å². The lowest BCUT2D eigenvalue weighted by atomic mass is 10.2. The van der Waals surface area contributed by atoms with Crippen LogP contribution in [0.25, 0.3) is 5.69 Å². The van der Waals surface area contributed by atoms with Crippen LogP contribution in [0.5, 0.6) is 0 Å². The van der Waals surface area contributed by atoms with Gasteiger partial charge in [0.05, 0.1) is 17.1 Å². The molecule has 30 heavy (non-hydrogen) atoms. The molecule has 0 unspecified atom stereocenters. The largest absolute Gasteiger partial charge is 0.277 e. The van der Waals surface area contributed by atoms with Crippen molar-refractivity contribution in [3.63, 3.8) is 0 Å². The van der Waals surface area contributed by atoms with E-state index in [0.717, 1.165) is 27.8 Å². The summed E-state index contributed by atoms with van der Waals surface area (Å²) in [6.07, 6.45) is 1.67. The quantitative estimate of drug-likeness (QED) is 0.351. The number of aromatic nitrogens is 4. The van der Waals surface area contributed by atoms with Gasteiger partial charge in [-0.1, -0.05) is 47.6 Å². The Morgan fingerprint density at radius 1 is 1.23 bits per heavy atom. The first-order chi connectivity index (χ1) is 14.5. The van der Waals surface area contributed by atoms with E-state index >= 15 is 0 Å². The smallest absolute Gasteiger partial charge is 0.230 e. The Balaban J connectivity index is 1.51. The molecule has 0 N–H and O–H groups in total. The van der Waals surface area contributed by atoms with Gasteiger partial charge in [-0.15, -0.1) is 21.5 Å². The second-order valence-electron chi connectivity index (χ2n) is 6.52. The standard InChI is InChI=1S/C21H18ClN5OS2/c1-14-8-9-18(10-19(14)22)26-13-23-25-21(26)30-12-16-11-29-20(24-16)27(15(2)28)17-6-4-3-5-7-17/h3-11,13H,12H2,1-2H3. The van der Waals surface area contributed by atoms with Crippen LogP contribution in [0.15, 0.2) is 65.4 Å².